The Hall–Kier alpha value is -1.77. The van der Waals surface area contributed by atoms with Crippen LogP contribution in [0.3, 0.4) is 0 Å². The topological polar surface area (TPSA) is 44.3 Å². The van der Waals surface area contributed by atoms with Crippen LogP contribution in [0.1, 0.15) is 19.9 Å². The summed E-state index contributed by atoms with van der Waals surface area (Å²) < 4.78 is 2.05. The van der Waals surface area contributed by atoms with Crippen LogP contribution in [0.5, 0.6) is 11.5 Å². The predicted molar refractivity (Wildman–Crippen MR) is 57.9 cm³/mol. The number of phenolic OH excluding ortho intramolecular Hbond substituents is 2. The molecule has 2 rings (SSSR count). The van der Waals surface area contributed by atoms with Crippen LogP contribution >= 0.6 is 0 Å². The number of benzene rings is 1. The molecule has 0 saturated heterocycles. The molecule has 0 radical (unpaired) electrons. The van der Waals surface area contributed by atoms with Gasteiger partial charge in [0.2, 0.25) is 0 Å². The zero-order chi connectivity index (χ0) is 11.0. The summed E-state index contributed by atoms with van der Waals surface area (Å²) in [5.74, 6) is -0.131. The largest absolute Gasteiger partial charge is 0.504 e. The van der Waals surface area contributed by atoms with Crippen molar-refractivity contribution in [3.05, 3.63) is 30.6 Å². The molecule has 3 heteroatoms. The lowest BCUT2D eigenvalue weighted by Crippen LogP contribution is -2.34. The molecule has 0 aliphatic heterocycles. The van der Waals surface area contributed by atoms with Crippen LogP contribution in [-0.2, 0) is 0 Å². The monoisotopic (exact) mass is 204 g/mol. The molecule has 0 unspecified atom stereocenters. The van der Waals surface area contributed by atoms with E-state index in [0.29, 0.717) is 11.4 Å². The lowest BCUT2D eigenvalue weighted by molar-refractivity contribution is -0.715. The maximum Gasteiger partial charge on any atom is 0.177 e. The molecule has 0 saturated carbocycles. The Bertz CT molecular complexity index is 506. The smallest absolute Gasteiger partial charge is 0.177 e. The highest BCUT2D eigenvalue weighted by Gasteiger charge is 2.11. The number of hydrogen-bond donors (Lipinski definition) is 2. The van der Waals surface area contributed by atoms with Crippen LogP contribution in [0.25, 0.3) is 10.8 Å². The molecule has 0 bridgehead atoms. The average molecular weight is 204 g/mol. The number of rotatable bonds is 1. The third kappa shape index (κ3) is 1.61. The fourth-order valence-corrected chi connectivity index (χ4v) is 1.59. The molecule has 78 valence electrons. The van der Waals surface area contributed by atoms with Crippen LogP contribution in [0.15, 0.2) is 30.6 Å². The van der Waals surface area contributed by atoms with Crippen molar-refractivity contribution in [2.75, 3.05) is 0 Å². The van der Waals surface area contributed by atoms with E-state index in [-0.39, 0.29) is 11.5 Å². The Balaban J connectivity index is 2.70. The molecule has 0 spiro atoms. The van der Waals surface area contributed by atoms with E-state index in [9.17, 15) is 10.2 Å². The van der Waals surface area contributed by atoms with Crippen molar-refractivity contribution in [1.29, 1.82) is 0 Å². The fraction of sp³-hybridized carbons (Fsp3) is 0.250. The van der Waals surface area contributed by atoms with Crippen molar-refractivity contribution in [3.63, 3.8) is 0 Å². The Kier molecular flexibility index (Phi) is 2.23. The molecular formula is C12H14NO2+. The number of aromatic nitrogens is 1. The molecule has 15 heavy (non-hydrogen) atoms. The first kappa shape index (κ1) is 9.77. The van der Waals surface area contributed by atoms with Gasteiger partial charge >= 0.3 is 0 Å². The molecular weight excluding hydrogens is 190 g/mol. The molecule has 2 N–H and O–H groups in total. The van der Waals surface area contributed by atoms with Gasteiger partial charge in [0.05, 0.1) is 0 Å². The van der Waals surface area contributed by atoms with Gasteiger partial charge < -0.3 is 10.2 Å². The molecule has 0 atom stereocenters. The summed E-state index contributed by atoms with van der Waals surface area (Å²) in [5, 5.41) is 20.6. The molecule has 0 amide bonds. The van der Waals surface area contributed by atoms with E-state index in [2.05, 4.69) is 18.4 Å². The van der Waals surface area contributed by atoms with Crippen molar-refractivity contribution >= 4 is 10.8 Å². The summed E-state index contributed by atoms with van der Waals surface area (Å²) in [6.07, 6.45) is 3.85. The number of aromatic hydroxyl groups is 2. The van der Waals surface area contributed by atoms with Gasteiger partial charge in [-0.2, -0.15) is 0 Å². The lowest BCUT2D eigenvalue weighted by atomic mass is 10.1. The molecule has 2 aromatic rings. The van der Waals surface area contributed by atoms with E-state index >= 15 is 0 Å². The van der Waals surface area contributed by atoms with Crippen molar-refractivity contribution in [1.82, 2.24) is 0 Å². The second-order valence-electron chi connectivity index (χ2n) is 3.92. The van der Waals surface area contributed by atoms with E-state index in [0.717, 1.165) is 5.39 Å². The van der Waals surface area contributed by atoms with E-state index in [4.69, 9.17) is 0 Å². The molecule has 0 fully saturated rings. The number of nitrogens with zero attached hydrogens (tertiary/aromatic N) is 1. The second-order valence-corrected chi connectivity index (χ2v) is 3.92. The minimum Gasteiger partial charge on any atom is -0.504 e. The van der Waals surface area contributed by atoms with Gasteiger partial charge in [0.25, 0.3) is 0 Å². The first-order valence-electron chi connectivity index (χ1n) is 4.95. The lowest BCUT2D eigenvalue weighted by Gasteiger charge is -2.04. The molecule has 1 aromatic heterocycles. The summed E-state index contributed by atoms with van der Waals surface area (Å²) in [4.78, 5) is 0. The SMILES string of the molecule is CC(C)[n+]1ccc2c(O)c(O)ccc2c1. The minimum absolute atomic E-state index is 0.0524. The normalized spacial score (nSPS) is 11.1. The summed E-state index contributed by atoms with van der Waals surface area (Å²) in [5.41, 5.74) is 0. The number of phenols is 2. The van der Waals surface area contributed by atoms with Crippen molar-refractivity contribution < 1.29 is 14.8 Å². The molecule has 1 heterocycles. The van der Waals surface area contributed by atoms with Crippen LogP contribution in [-0.4, -0.2) is 10.2 Å². The van der Waals surface area contributed by atoms with Gasteiger partial charge in [-0.3, -0.25) is 0 Å². The second kappa shape index (κ2) is 3.42. The molecule has 1 aromatic carbocycles. The summed E-state index contributed by atoms with van der Waals surface area (Å²) in [6, 6.07) is 5.49. The summed E-state index contributed by atoms with van der Waals surface area (Å²) in [6.45, 7) is 4.18. The highest BCUT2D eigenvalue weighted by Crippen LogP contribution is 2.32. The van der Waals surface area contributed by atoms with Gasteiger partial charge in [-0.1, -0.05) is 0 Å². The zero-order valence-electron chi connectivity index (χ0n) is 8.81. The van der Waals surface area contributed by atoms with Gasteiger partial charge in [0, 0.05) is 16.8 Å². The molecule has 0 aliphatic carbocycles. The van der Waals surface area contributed by atoms with Crippen molar-refractivity contribution in [2.45, 2.75) is 19.9 Å². The van der Waals surface area contributed by atoms with E-state index in [1.54, 1.807) is 6.07 Å². The molecule has 3 nitrogen and oxygen atoms in total. The maximum atomic E-state index is 9.63. The van der Waals surface area contributed by atoms with Crippen LogP contribution in [0, 0.1) is 0 Å². The van der Waals surface area contributed by atoms with Gasteiger partial charge in [-0.05, 0) is 26.0 Å². The number of pyridine rings is 1. The fourth-order valence-electron chi connectivity index (χ4n) is 1.59. The first-order chi connectivity index (χ1) is 7.09. The van der Waals surface area contributed by atoms with Gasteiger partial charge in [0.15, 0.2) is 29.9 Å². The zero-order valence-corrected chi connectivity index (χ0v) is 8.81. The highest BCUT2D eigenvalue weighted by atomic mass is 16.3. The Morgan fingerprint density at radius 2 is 1.87 bits per heavy atom. The Morgan fingerprint density at radius 3 is 2.53 bits per heavy atom. The Morgan fingerprint density at radius 1 is 1.13 bits per heavy atom. The third-order valence-corrected chi connectivity index (χ3v) is 2.53. The highest BCUT2D eigenvalue weighted by molar-refractivity contribution is 5.88. The first-order valence-corrected chi connectivity index (χ1v) is 4.95. The minimum atomic E-state index is -0.0789. The molecule has 0 aliphatic rings. The van der Waals surface area contributed by atoms with Gasteiger partial charge in [-0.15, -0.1) is 0 Å². The summed E-state index contributed by atoms with van der Waals surface area (Å²) in [7, 11) is 0. The van der Waals surface area contributed by atoms with Crippen LogP contribution in [0.2, 0.25) is 0 Å². The third-order valence-electron chi connectivity index (χ3n) is 2.53. The van der Waals surface area contributed by atoms with E-state index in [1.807, 2.05) is 18.5 Å². The van der Waals surface area contributed by atoms with E-state index < -0.39 is 0 Å². The van der Waals surface area contributed by atoms with Gasteiger partial charge in [-0.25, -0.2) is 4.57 Å². The van der Waals surface area contributed by atoms with Crippen LogP contribution < -0.4 is 4.57 Å². The average Bonchev–Trinajstić information content (AvgIpc) is 2.23. The van der Waals surface area contributed by atoms with Crippen LogP contribution in [0.4, 0.5) is 0 Å². The van der Waals surface area contributed by atoms with Crippen molar-refractivity contribution in [3.8, 4) is 11.5 Å². The number of hydrogen-bond acceptors (Lipinski definition) is 2. The Labute approximate surface area is 88.2 Å². The van der Waals surface area contributed by atoms with Crippen molar-refractivity contribution in [2.24, 2.45) is 0 Å². The van der Waals surface area contributed by atoms with Gasteiger partial charge in [0.1, 0.15) is 0 Å². The maximum absolute atomic E-state index is 9.63. The predicted octanol–water partition coefficient (Wildman–Crippen LogP) is 2.12. The standard InChI is InChI=1S/C12H13NO2/c1-8(2)13-6-5-10-9(7-13)3-4-11(14)12(10)15/h3-8,15H,1-2H3/p+1. The number of fused-ring (bicyclic) bond motifs is 1. The quantitative estimate of drug-likeness (QED) is 0.552. The van der Waals surface area contributed by atoms with E-state index in [1.165, 1.54) is 6.07 Å². The summed E-state index contributed by atoms with van der Waals surface area (Å²) >= 11 is 0.